The van der Waals surface area contributed by atoms with Crippen molar-refractivity contribution in [2.24, 2.45) is 0 Å². The van der Waals surface area contributed by atoms with Crippen LogP contribution in [0.1, 0.15) is 5.56 Å². The molecule has 0 unspecified atom stereocenters. The van der Waals surface area contributed by atoms with Crippen molar-refractivity contribution < 1.29 is 4.39 Å². The van der Waals surface area contributed by atoms with Gasteiger partial charge in [0, 0.05) is 21.8 Å². The van der Waals surface area contributed by atoms with Gasteiger partial charge in [-0.15, -0.1) is 5.10 Å². The first-order chi connectivity index (χ1) is 10.1. The van der Waals surface area contributed by atoms with E-state index in [1.54, 1.807) is 12.1 Å². The minimum Gasteiger partial charge on any atom is -0.398 e. The maximum atomic E-state index is 13.5. The lowest BCUT2D eigenvalue weighted by molar-refractivity contribution is 0.624. The Bertz CT molecular complexity index is 749. The van der Waals surface area contributed by atoms with E-state index in [1.165, 1.54) is 16.8 Å². The molecule has 0 spiro atoms. The average molecular weight is 348 g/mol. The Labute approximate surface area is 128 Å². The second-order valence-corrected chi connectivity index (χ2v) is 5.46. The third-order valence-corrected chi connectivity index (χ3v) is 3.73. The summed E-state index contributed by atoms with van der Waals surface area (Å²) < 4.78 is 15.6. The molecule has 0 amide bonds. The van der Waals surface area contributed by atoms with Gasteiger partial charge in [0.15, 0.2) is 5.82 Å². The molecule has 106 valence electrons. The van der Waals surface area contributed by atoms with E-state index in [4.69, 9.17) is 5.73 Å². The fourth-order valence-corrected chi connectivity index (χ4v) is 2.44. The lowest BCUT2D eigenvalue weighted by atomic mass is 10.1. The van der Waals surface area contributed by atoms with E-state index in [0.29, 0.717) is 27.2 Å². The fourth-order valence-electron chi connectivity index (χ4n) is 2.03. The molecule has 0 bridgehead atoms. The topological polar surface area (TPSA) is 69.6 Å². The molecule has 0 saturated heterocycles. The molecule has 0 atom stereocenters. The van der Waals surface area contributed by atoms with Gasteiger partial charge in [0.2, 0.25) is 0 Å². The Morgan fingerprint density at radius 3 is 2.81 bits per heavy atom. The van der Waals surface area contributed by atoms with E-state index in [9.17, 15) is 4.39 Å². The van der Waals surface area contributed by atoms with Crippen LogP contribution in [0.5, 0.6) is 0 Å². The number of anilines is 1. The highest BCUT2D eigenvalue weighted by Crippen LogP contribution is 2.29. The number of aromatic nitrogens is 4. The smallest absolute Gasteiger partial charge is 0.189 e. The Balaban J connectivity index is 2.22. The summed E-state index contributed by atoms with van der Waals surface area (Å²) >= 11 is 3.38. The molecule has 21 heavy (non-hydrogen) atoms. The van der Waals surface area contributed by atoms with Gasteiger partial charge in [0.25, 0.3) is 0 Å². The van der Waals surface area contributed by atoms with Crippen LogP contribution in [0.15, 0.2) is 40.9 Å². The van der Waals surface area contributed by atoms with Crippen molar-refractivity contribution >= 4 is 21.6 Å². The van der Waals surface area contributed by atoms with E-state index >= 15 is 0 Å². The van der Waals surface area contributed by atoms with Crippen LogP contribution < -0.4 is 5.73 Å². The molecule has 0 aliphatic carbocycles. The van der Waals surface area contributed by atoms with Gasteiger partial charge in [-0.3, -0.25) is 0 Å². The molecule has 7 heteroatoms. The zero-order valence-electron chi connectivity index (χ0n) is 11.1. The average Bonchev–Trinajstić information content (AvgIpc) is 2.93. The normalized spacial score (nSPS) is 10.8. The van der Waals surface area contributed by atoms with Gasteiger partial charge < -0.3 is 5.73 Å². The first-order valence-electron chi connectivity index (χ1n) is 6.16. The number of nitrogens with zero attached hydrogens (tertiary/aromatic N) is 4. The number of hydrogen-bond donors (Lipinski definition) is 1. The molecular weight excluding hydrogens is 337 g/mol. The van der Waals surface area contributed by atoms with Gasteiger partial charge in [-0.2, -0.15) is 4.68 Å². The van der Waals surface area contributed by atoms with E-state index in [0.717, 1.165) is 5.56 Å². The number of benzene rings is 2. The Morgan fingerprint density at radius 1 is 1.19 bits per heavy atom. The maximum absolute atomic E-state index is 13.5. The Morgan fingerprint density at radius 2 is 2.00 bits per heavy atom. The predicted octanol–water partition coefficient (Wildman–Crippen LogP) is 3.12. The van der Waals surface area contributed by atoms with E-state index in [1.807, 2.05) is 19.1 Å². The predicted molar refractivity (Wildman–Crippen MR) is 81.4 cm³/mol. The summed E-state index contributed by atoms with van der Waals surface area (Å²) in [7, 11) is 0. The number of hydrogen-bond acceptors (Lipinski definition) is 4. The second-order valence-electron chi connectivity index (χ2n) is 4.60. The van der Waals surface area contributed by atoms with Crippen LogP contribution in [0, 0.1) is 12.7 Å². The zero-order chi connectivity index (χ0) is 15.0. The van der Waals surface area contributed by atoms with Crippen molar-refractivity contribution in [3.05, 3.63) is 52.3 Å². The van der Waals surface area contributed by atoms with Gasteiger partial charge in [0.05, 0.1) is 5.69 Å². The Hall–Kier alpha value is -2.28. The van der Waals surface area contributed by atoms with Crippen LogP contribution in [0.2, 0.25) is 0 Å². The van der Waals surface area contributed by atoms with Crippen molar-refractivity contribution in [2.75, 3.05) is 5.73 Å². The summed E-state index contributed by atoms with van der Waals surface area (Å²) in [5, 5.41) is 11.6. The molecule has 2 N–H and O–H groups in total. The highest BCUT2D eigenvalue weighted by molar-refractivity contribution is 9.10. The number of aryl methyl sites for hydroxylation is 1. The number of rotatable bonds is 2. The van der Waals surface area contributed by atoms with Crippen LogP contribution in [-0.2, 0) is 0 Å². The molecule has 0 aliphatic heterocycles. The largest absolute Gasteiger partial charge is 0.398 e. The van der Waals surface area contributed by atoms with Gasteiger partial charge >= 0.3 is 0 Å². The Kier molecular flexibility index (Phi) is 3.42. The molecule has 0 saturated carbocycles. The molecule has 5 nitrogen and oxygen atoms in total. The number of halogens is 2. The van der Waals surface area contributed by atoms with Crippen molar-refractivity contribution in [2.45, 2.75) is 6.92 Å². The van der Waals surface area contributed by atoms with Crippen molar-refractivity contribution in [3.63, 3.8) is 0 Å². The molecule has 0 fully saturated rings. The third kappa shape index (κ3) is 2.52. The second kappa shape index (κ2) is 5.25. The van der Waals surface area contributed by atoms with Crippen molar-refractivity contribution in [1.82, 2.24) is 20.2 Å². The van der Waals surface area contributed by atoms with Crippen LogP contribution in [0.25, 0.3) is 17.1 Å². The molecule has 1 aromatic heterocycles. The summed E-state index contributed by atoms with van der Waals surface area (Å²) in [4.78, 5) is 0. The summed E-state index contributed by atoms with van der Waals surface area (Å²) in [6.07, 6.45) is 0. The summed E-state index contributed by atoms with van der Waals surface area (Å²) in [5.41, 5.74) is 8.81. The van der Waals surface area contributed by atoms with Crippen LogP contribution in [0.3, 0.4) is 0 Å². The van der Waals surface area contributed by atoms with Crippen molar-refractivity contribution in [1.29, 1.82) is 0 Å². The highest BCUT2D eigenvalue weighted by Gasteiger charge is 2.16. The fraction of sp³-hybridized carbons (Fsp3) is 0.0714. The van der Waals surface area contributed by atoms with Gasteiger partial charge in [-0.05, 0) is 57.5 Å². The van der Waals surface area contributed by atoms with E-state index in [2.05, 4.69) is 31.5 Å². The van der Waals surface area contributed by atoms with E-state index in [-0.39, 0.29) is 5.82 Å². The quantitative estimate of drug-likeness (QED) is 0.723. The first-order valence-corrected chi connectivity index (χ1v) is 6.96. The summed E-state index contributed by atoms with van der Waals surface area (Å²) in [5.74, 6) is 0.0920. The molecule has 0 aliphatic rings. The zero-order valence-corrected chi connectivity index (χ0v) is 12.7. The van der Waals surface area contributed by atoms with Gasteiger partial charge in [-0.25, -0.2) is 4.39 Å². The SMILES string of the molecule is Cc1ccc(N)c(-c2nnnn2-c2cc(F)ccc2Br)c1. The molecule has 2 aromatic carbocycles. The third-order valence-electron chi connectivity index (χ3n) is 3.06. The summed E-state index contributed by atoms with van der Waals surface area (Å²) in [6, 6.07) is 9.92. The van der Waals surface area contributed by atoms with E-state index < -0.39 is 0 Å². The molecule has 3 rings (SSSR count). The monoisotopic (exact) mass is 347 g/mol. The standard InChI is InChI=1S/C14H11BrFN5/c1-8-2-5-12(17)10(6-8)14-18-19-20-21(14)13-7-9(16)3-4-11(13)15/h2-7H,17H2,1H3. The number of tetrazole rings is 1. The maximum Gasteiger partial charge on any atom is 0.189 e. The van der Waals surface area contributed by atoms with Crippen molar-refractivity contribution in [3.8, 4) is 17.1 Å². The first kappa shape index (κ1) is 13.7. The summed E-state index contributed by atoms with van der Waals surface area (Å²) in [6.45, 7) is 1.95. The lowest BCUT2D eigenvalue weighted by Gasteiger charge is -2.09. The van der Waals surface area contributed by atoms with Crippen LogP contribution in [0.4, 0.5) is 10.1 Å². The molecule has 1 heterocycles. The minimum absolute atomic E-state index is 0.369. The number of nitrogens with two attached hydrogens (primary N) is 1. The minimum atomic E-state index is -0.369. The van der Waals surface area contributed by atoms with Gasteiger partial charge in [-0.1, -0.05) is 11.6 Å². The van der Waals surface area contributed by atoms with Crippen LogP contribution in [-0.4, -0.2) is 20.2 Å². The lowest BCUT2D eigenvalue weighted by Crippen LogP contribution is -2.03. The van der Waals surface area contributed by atoms with Gasteiger partial charge in [0.1, 0.15) is 5.82 Å². The molecular formula is C14H11BrFN5. The highest BCUT2D eigenvalue weighted by atomic mass is 79.9. The number of nitrogen functional groups attached to an aromatic ring is 1. The van der Waals surface area contributed by atoms with Crippen LogP contribution >= 0.6 is 15.9 Å². The molecule has 3 aromatic rings. The molecule has 0 radical (unpaired) electrons.